The molecule has 2 rings (SSSR count). The highest BCUT2D eigenvalue weighted by atomic mass is 35.5. The maximum absolute atomic E-state index is 5.78. The highest BCUT2D eigenvalue weighted by molar-refractivity contribution is 6.28. The Balaban J connectivity index is 2.11. The highest BCUT2D eigenvalue weighted by Gasteiger charge is 2.26. The molecule has 0 N–H and O–H groups in total. The van der Waals surface area contributed by atoms with E-state index in [-0.39, 0.29) is 6.10 Å². The molecule has 2 atom stereocenters. The minimum atomic E-state index is 0.266. The molecule has 0 amide bonds. The van der Waals surface area contributed by atoms with Gasteiger partial charge in [0, 0.05) is 26.4 Å². The number of hydrogen-bond donors (Lipinski definition) is 0. The normalized spacial score (nSPS) is 25.8. The van der Waals surface area contributed by atoms with Crippen LogP contribution in [0.3, 0.4) is 0 Å². The van der Waals surface area contributed by atoms with E-state index in [0.717, 1.165) is 25.3 Å². The number of nitrogens with zero attached hydrogens (tertiary/aromatic N) is 3. The average Bonchev–Trinajstić information content (AvgIpc) is 2.29. The third kappa shape index (κ3) is 2.44. The Bertz CT molecular complexity index is 361. The zero-order valence-electron chi connectivity index (χ0n) is 9.56. The molecule has 0 spiro atoms. The van der Waals surface area contributed by atoms with Crippen LogP contribution in [0.25, 0.3) is 0 Å². The van der Waals surface area contributed by atoms with Crippen LogP contribution >= 0.6 is 11.6 Å². The Kier molecular flexibility index (Phi) is 3.61. The number of methoxy groups -OCH3 is 1. The Hall–Kier alpha value is -0.870. The Labute approximate surface area is 101 Å². The van der Waals surface area contributed by atoms with Crippen molar-refractivity contribution in [2.45, 2.75) is 19.4 Å². The molecule has 5 heteroatoms. The summed E-state index contributed by atoms with van der Waals surface area (Å²) in [4.78, 5) is 10.3. The summed E-state index contributed by atoms with van der Waals surface area (Å²) in [6.07, 6.45) is 3.06. The molecule has 1 aromatic rings. The van der Waals surface area contributed by atoms with Crippen LogP contribution in [0.1, 0.15) is 13.3 Å². The van der Waals surface area contributed by atoms with Gasteiger partial charge in [0.05, 0.1) is 6.10 Å². The third-order valence-electron chi connectivity index (χ3n) is 3.13. The van der Waals surface area contributed by atoms with Gasteiger partial charge in [0.15, 0.2) is 0 Å². The first kappa shape index (κ1) is 11.6. The van der Waals surface area contributed by atoms with Crippen LogP contribution in [0.4, 0.5) is 5.82 Å². The molecule has 1 aromatic heterocycles. The first-order chi connectivity index (χ1) is 7.70. The molecule has 2 heterocycles. The zero-order valence-corrected chi connectivity index (χ0v) is 10.3. The van der Waals surface area contributed by atoms with Gasteiger partial charge in [-0.05, 0) is 30.0 Å². The van der Waals surface area contributed by atoms with Gasteiger partial charge in [0.2, 0.25) is 5.28 Å². The van der Waals surface area contributed by atoms with Crippen LogP contribution in [-0.4, -0.2) is 36.3 Å². The third-order valence-corrected chi connectivity index (χ3v) is 3.31. The topological polar surface area (TPSA) is 38.2 Å². The van der Waals surface area contributed by atoms with E-state index in [9.17, 15) is 0 Å². The summed E-state index contributed by atoms with van der Waals surface area (Å²) >= 11 is 5.78. The van der Waals surface area contributed by atoms with Crippen molar-refractivity contribution in [3.05, 3.63) is 17.5 Å². The predicted octanol–water partition coefficient (Wildman–Crippen LogP) is 1.99. The standard InChI is InChI=1S/C11H16ClN3O/c1-8-4-6-15(7-9(8)16-2)10-3-5-13-11(12)14-10/h3,5,8-9H,4,6-7H2,1-2H3. The molecule has 0 aromatic carbocycles. The molecule has 0 radical (unpaired) electrons. The molecule has 1 fully saturated rings. The molecular weight excluding hydrogens is 226 g/mol. The highest BCUT2D eigenvalue weighted by Crippen LogP contribution is 2.23. The van der Waals surface area contributed by atoms with Gasteiger partial charge in [-0.25, -0.2) is 9.97 Å². The van der Waals surface area contributed by atoms with Gasteiger partial charge in [-0.2, -0.15) is 0 Å². The zero-order chi connectivity index (χ0) is 11.5. The second-order valence-corrected chi connectivity index (χ2v) is 4.51. The molecule has 0 saturated carbocycles. The van der Waals surface area contributed by atoms with E-state index in [1.54, 1.807) is 13.3 Å². The van der Waals surface area contributed by atoms with E-state index >= 15 is 0 Å². The van der Waals surface area contributed by atoms with Gasteiger partial charge in [0.25, 0.3) is 0 Å². The molecule has 4 nitrogen and oxygen atoms in total. The van der Waals surface area contributed by atoms with Crippen molar-refractivity contribution >= 4 is 17.4 Å². The Morgan fingerprint density at radius 3 is 3.06 bits per heavy atom. The number of ether oxygens (including phenoxy) is 1. The summed E-state index contributed by atoms with van der Waals surface area (Å²) in [6, 6.07) is 1.88. The summed E-state index contributed by atoms with van der Waals surface area (Å²) in [7, 11) is 1.76. The van der Waals surface area contributed by atoms with Crippen molar-refractivity contribution in [1.82, 2.24) is 9.97 Å². The summed E-state index contributed by atoms with van der Waals surface area (Å²) in [5.41, 5.74) is 0. The lowest BCUT2D eigenvalue weighted by atomic mass is 9.96. The lowest BCUT2D eigenvalue weighted by molar-refractivity contribution is 0.0496. The molecular formula is C11H16ClN3O. The molecule has 0 bridgehead atoms. The SMILES string of the molecule is COC1CN(c2ccnc(Cl)n2)CCC1C. The van der Waals surface area contributed by atoms with E-state index in [0.29, 0.717) is 11.2 Å². The summed E-state index contributed by atoms with van der Waals surface area (Å²) in [5, 5.41) is 0.296. The molecule has 16 heavy (non-hydrogen) atoms. The molecule has 1 aliphatic heterocycles. The second kappa shape index (κ2) is 4.97. The van der Waals surface area contributed by atoms with Crippen LogP contribution in [0, 0.1) is 5.92 Å². The van der Waals surface area contributed by atoms with Crippen molar-refractivity contribution in [1.29, 1.82) is 0 Å². The van der Waals surface area contributed by atoms with Gasteiger partial charge in [-0.3, -0.25) is 0 Å². The molecule has 1 saturated heterocycles. The fourth-order valence-corrected chi connectivity index (χ4v) is 2.19. The van der Waals surface area contributed by atoms with E-state index in [2.05, 4.69) is 21.8 Å². The quantitative estimate of drug-likeness (QED) is 0.743. The largest absolute Gasteiger partial charge is 0.379 e. The van der Waals surface area contributed by atoms with Crippen LogP contribution < -0.4 is 4.90 Å². The van der Waals surface area contributed by atoms with E-state index < -0.39 is 0 Å². The lowest BCUT2D eigenvalue weighted by Crippen LogP contribution is -2.44. The Morgan fingerprint density at radius 1 is 1.56 bits per heavy atom. The van der Waals surface area contributed by atoms with Gasteiger partial charge >= 0.3 is 0 Å². The van der Waals surface area contributed by atoms with Crippen molar-refractivity contribution in [3.63, 3.8) is 0 Å². The second-order valence-electron chi connectivity index (χ2n) is 4.17. The number of piperidine rings is 1. The van der Waals surface area contributed by atoms with E-state index in [1.165, 1.54) is 0 Å². The number of anilines is 1. The maximum atomic E-state index is 5.78. The number of rotatable bonds is 2. The van der Waals surface area contributed by atoms with Gasteiger partial charge in [0.1, 0.15) is 5.82 Å². The molecule has 1 aliphatic rings. The average molecular weight is 242 g/mol. The van der Waals surface area contributed by atoms with Gasteiger partial charge < -0.3 is 9.64 Å². The summed E-state index contributed by atoms with van der Waals surface area (Å²) in [5.74, 6) is 1.48. The number of halogens is 1. The van der Waals surface area contributed by atoms with Crippen LogP contribution in [0.2, 0.25) is 5.28 Å². The van der Waals surface area contributed by atoms with Crippen molar-refractivity contribution < 1.29 is 4.74 Å². The monoisotopic (exact) mass is 241 g/mol. The minimum Gasteiger partial charge on any atom is -0.379 e. The molecule has 0 aliphatic carbocycles. The fourth-order valence-electron chi connectivity index (χ4n) is 2.05. The van der Waals surface area contributed by atoms with Crippen molar-refractivity contribution in [3.8, 4) is 0 Å². The molecule has 2 unspecified atom stereocenters. The predicted molar refractivity (Wildman–Crippen MR) is 63.8 cm³/mol. The van der Waals surface area contributed by atoms with Gasteiger partial charge in [-0.15, -0.1) is 0 Å². The lowest BCUT2D eigenvalue weighted by Gasteiger charge is -2.36. The maximum Gasteiger partial charge on any atom is 0.224 e. The van der Waals surface area contributed by atoms with Crippen LogP contribution in [0.15, 0.2) is 12.3 Å². The first-order valence-corrected chi connectivity index (χ1v) is 5.85. The fraction of sp³-hybridized carbons (Fsp3) is 0.636. The molecule has 88 valence electrons. The first-order valence-electron chi connectivity index (χ1n) is 5.47. The van der Waals surface area contributed by atoms with E-state index in [4.69, 9.17) is 16.3 Å². The van der Waals surface area contributed by atoms with Crippen molar-refractivity contribution in [2.24, 2.45) is 5.92 Å². The minimum absolute atomic E-state index is 0.266. The smallest absolute Gasteiger partial charge is 0.224 e. The number of aromatic nitrogens is 2. The summed E-state index contributed by atoms with van der Waals surface area (Å²) < 4.78 is 5.47. The Morgan fingerprint density at radius 2 is 2.38 bits per heavy atom. The summed E-state index contributed by atoms with van der Waals surface area (Å²) in [6.45, 7) is 4.08. The number of hydrogen-bond acceptors (Lipinski definition) is 4. The van der Waals surface area contributed by atoms with E-state index in [1.807, 2.05) is 6.07 Å². The van der Waals surface area contributed by atoms with Crippen LogP contribution in [0.5, 0.6) is 0 Å². The van der Waals surface area contributed by atoms with Crippen LogP contribution in [-0.2, 0) is 4.74 Å². The van der Waals surface area contributed by atoms with Gasteiger partial charge in [-0.1, -0.05) is 6.92 Å². The van der Waals surface area contributed by atoms with Crippen molar-refractivity contribution in [2.75, 3.05) is 25.1 Å².